The third-order valence-electron chi connectivity index (χ3n) is 7.90. The molecule has 0 aromatic rings. The summed E-state index contributed by atoms with van der Waals surface area (Å²) in [6, 6.07) is 0. The molecule has 0 heterocycles. The summed E-state index contributed by atoms with van der Waals surface area (Å²) in [5.74, 6) is 1.04. The Balaban J connectivity index is 3.46. The third kappa shape index (κ3) is 28.1. The van der Waals surface area contributed by atoms with Gasteiger partial charge in [0.1, 0.15) is 0 Å². The lowest BCUT2D eigenvalue weighted by molar-refractivity contribution is 0.370. The predicted molar refractivity (Wildman–Crippen MR) is 154 cm³/mol. The summed E-state index contributed by atoms with van der Waals surface area (Å²) in [5.41, 5.74) is 0. The molecular formula is C33H68. The van der Waals surface area contributed by atoms with Gasteiger partial charge in [-0.2, -0.15) is 0 Å². The van der Waals surface area contributed by atoms with Crippen molar-refractivity contribution in [3.63, 3.8) is 0 Å². The summed E-state index contributed by atoms with van der Waals surface area (Å²) >= 11 is 0. The highest BCUT2D eigenvalue weighted by molar-refractivity contribution is 4.61. The van der Waals surface area contributed by atoms with Crippen molar-refractivity contribution in [2.24, 2.45) is 5.92 Å². The first kappa shape index (κ1) is 33.0. The summed E-state index contributed by atoms with van der Waals surface area (Å²) in [6.07, 6.45) is 42.8. The van der Waals surface area contributed by atoms with Crippen LogP contribution >= 0.6 is 0 Å². The standard InChI is InChI=1S/C33H68/c1-4-7-10-12-14-16-17-18-19-20-21-23-25-27-29-32-33(30-9-6-3)31-28-26-24-22-15-13-11-8-5-2/h33H,4-32H2,1-3H3. The third-order valence-corrected chi connectivity index (χ3v) is 7.90. The molecule has 0 rings (SSSR count). The minimum atomic E-state index is 1.04. The van der Waals surface area contributed by atoms with Gasteiger partial charge in [0.2, 0.25) is 0 Å². The lowest BCUT2D eigenvalue weighted by Gasteiger charge is -2.16. The van der Waals surface area contributed by atoms with Crippen LogP contribution in [0.1, 0.15) is 207 Å². The van der Waals surface area contributed by atoms with Gasteiger partial charge < -0.3 is 0 Å². The fraction of sp³-hybridized carbons (Fsp3) is 1.00. The minimum Gasteiger partial charge on any atom is -0.0654 e. The van der Waals surface area contributed by atoms with Gasteiger partial charge in [-0.25, -0.2) is 0 Å². The SMILES string of the molecule is CCCCCCCCCCCCCCCCCC(CCCC)CCCCCCCCCCC. The zero-order valence-electron chi connectivity index (χ0n) is 24.1. The van der Waals surface area contributed by atoms with Gasteiger partial charge in [0.05, 0.1) is 0 Å². The highest BCUT2D eigenvalue weighted by Crippen LogP contribution is 2.24. The average Bonchev–Trinajstić information content (AvgIpc) is 2.83. The molecule has 0 bridgehead atoms. The molecule has 0 nitrogen and oxygen atoms in total. The lowest BCUT2D eigenvalue weighted by atomic mass is 9.90. The molecule has 0 spiro atoms. The van der Waals surface area contributed by atoms with Crippen LogP contribution in [0.5, 0.6) is 0 Å². The number of hydrogen-bond acceptors (Lipinski definition) is 0. The van der Waals surface area contributed by atoms with Crippen molar-refractivity contribution in [2.75, 3.05) is 0 Å². The van der Waals surface area contributed by atoms with Crippen LogP contribution in [0.15, 0.2) is 0 Å². The first-order valence-electron chi connectivity index (χ1n) is 16.3. The summed E-state index contributed by atoms with van der Waals surface area (Å²) in [4.78, 5) is 0. The van der Waals surface area contributed by atoms with Gasteiger partial charge >= 0.3 is 0 Å². The Morgan fingerprint density at radius 3 is 0.727 bits per heavy atom. The minimum absolute atomic E-state index is 1.04. The lowest BCUT2D eigenvalue weighted by Crippen LogP contribution is -2.01. The Morgan fingerprint density at radius 1 is 0.242 bits per heavy atom. The van der Waals surface area contributed by atoms with E-state index in [-0.39, 0.29) is 0 Å². The highest BCUT2D eigenvalue weighted by Gasteiger charge is 2.08. The van der Waals surface area contributed by atoms with E-state index in [1.165, 1.54) is 186 Å². The number of unbranched alkanes of at least 4 members (excludes halogenated alkanes) is 23. The van der Waals surface area contributed by atoms with Crippen LogP contribution in [0, 0.1) is 5.92 Å². The Morgan fingerprint density at radius 2 is 0.455 bits per heavy atom. The molecule has 0 N–H and O–H groups in total. The molecule has 0 heteroatoms. The Kier molecular flexibility index (Phi) is 30.0. The fourth-order valence-electron chi connectivity index (χ4n) is 5.47. The first-order valence-corrected chi connectivity index (χ1v) is 16.3. The van der Waals surface area contributed by atoms with Gasteiger partial charge in [-0.3, -0.25) is 0 Å². The van der Waals surface area contributed by atoms with Gasteiger partial charge in [-0.15, -0.1) is 0 Å². The normalized spacial score (nSPS) is 12.5. The predicted octanol–water partition coefficient (Wildman–Crippen LogP) is 13.0. The molecule has 1 unspecified atom stereocenters. The van der Waals surface area contributed by atoms with E-state index in [0.717, 1.165) is 5.92 Å². The highest BCUT2D eigenvalue weighted by atomic mass is 14.1. The molecule has 0 aromatic heterocycles. The molecular weight excluding hydrogens is 396 g/mol. The maximum atomic E-state index is 2.36. The average molecular weight is 465 g/mol. The monoisotopic (exact) mass is 465 g/mol. The van der Waals surface area contributed by atoms with E-state index in [1.54, 1.807) is 0 Å². The largest absolute Gasteiger partial charge is 0.0654 e. The zero-order valence-corrected chi connectivity index (χ0v) is 24.1. The van der Waals surface area contributed by atoms with E-state index >= 15 is 0 Å². The second-order valence-electron chi connectivity index (χ2n) is 11.4. The zero-order chi connectivity index (χ0) is 24.1. The first-order chi connectivity index (χ1) is 16.3. The summed E-state index contributed by atoms with van der Waals surface area (Å²) < 4.78 is 0. The molecule has 33 heavy (non-hydrogen) atoms. The van der Waals surface area contributed by atoms with E-state index in [0.29, 0.717) is 0 Å². The van der Waals surface area contributed by atoms with E-state index in [9.17, 15) is 0 Å². The van der Waals surface area contributed by atoms with Crippen molar-refractivity contribution < 1.29 is 0 Å². The summed E-state index contributed by atoms with van der Waals surface area (Å²) in [5, 5.41) is 0. The molecule has 0 radical (unpaired) electrons. The molecule has 0 amide bonds. The van der Waals surface area contributed by atoms with E-state index < -0.39 is 0 Å². The quantitative estimate of drug-likeness (QED) is 0.0965. The Hall–Kier alpha value is 0. The maximum Gasteiger partial charge on any atom is -0.0414 e. The van der Waals surface area contributed by atoms with Crippen LogP contribution in [0.3, 0.4) is 0 Å². The smallest absolute Gasteiger partial charge is 0.0414 e. The van der Waals surface area contributed by atoms with Crippen molar-refractivity contribution in [3.8, 4) is 0 Å². The molecule has 0 aromatic carbocycles. The Bertz CT molecular complexity index is 320. The summed E-state index contributed by atoms with van der Waals surface area (Å²) in [7, 11) is 0. The van der Waals surface area contributed by atoms with E-state index in [4.69, 9.17) is 0 Å². The number of rotatable bonds is 29. The van der Waals surface area contributed by atoms with E-state index in [1.807, 2.05) is 0 Å². The van der Waals surface area contributed by atoms with Crippen LogP contribution in [-0.2, 0) is 0 Å². The molecule has 200 valence electrons. The van der Waals surface area contributed by atoms with Crippen LogP contribution in [0.4, 0.5) is 0 Å². The van der Waals surface area contributed by atoms with Gasteiger partial charge in [0, 0.05) is 0 Å². The van der Waals surface area contributed by atoms with Crippen LogP contribution < -0.4 is 0 Å². The van der Waals surface area contributed by atoms with Crippen molar-refractivity contribution in [1.82, 2.24) is 0 Å². The molecule has 1 atom stereocenters. The second kappa shape index (κ2) is 30.0. The van der Waals surface area contributed by atoms with Crippen molar-refractivity contribution in [2.45, 2.75) is 207 Å². The maximum absolute atomic E-state index is 2.36. The molecule has 0 saturated carbocycles. The molecule has 0 aliphatic carbocycles. The van der Waals surface area contributed by atoms with Crippen molar-refractivity contribution in [1.29, 1.82) is 0 Å². The van der Waals surface area contributed by atoms with Gasteiger partial charge in [-0.05, 0) is 5.92 Å². The molecule has 0 fully saturated rings. The van der Waals surface area contributed by atoms with Gasteiger partial charge in [0.15, 0.2) is 0 Å². The number of hydrogen-bond donors (Lipinski definition) is 0. The molecule has 0 aliphatic heterocycles. The molecule has 0 saturated heterocycles. The van der Waals surface area contributed by atoms with Gasteiger partial charge in [0.25, 0.3) is 0 Å². The van der Waals surface area contributed by atoms with Crippen LogP contribution in [-0.4, -0.2) is 0 Å². The van der Waals surface area contributed by atoms with E-state index in [2.05, 4.69) is 20.8 Å². The Labute approximate surface area is 212 Å². The van der Waals surface area contributed by atoms with Crippen LogP contribution in [0.2, 0.25) is 0 Å². The molecule has 0 aliphatic rings. The van der Waals surface area contributed by atoms with Crippen LogP contribution in [0.25, 0.3) is 0 Å². The fourth-order valence-corrected chi connectivity index (χ4v) is 5.47. The second-order valence-corrected chi connectivity index (χ2v) is 11.4. The summed E-state index contributed by atoms with van der Waals surface area (Å²) in [6.45, 7) is 6.99. The van der Waals surface area contributed by atoms with Crippen molar-refractivity contribution >= 4 is 0 Å². The van der Waals surface area contributed by atoms with Crippen molar-refractivity contribution in [3.05, 3.63) is 0 Å². The van der Waals surface area contributed by atoms with Gasteiger partial charge in [-0.1, -0.05) is 207 Å². The topological polar surface area (TPSA) is 0 Å².